The predicted octanol–water partition coefficient (Wildman–Crippen LogP) is 6.03. The summed E-state index contributed by atoms with van der Waals surface area (Å²) in [6.45, 7) is 0.271. The molecule has 5 rings (SSSR count). The van der Waals surface area contributed by atoms with Gasteiger partial charge in [0.1, 0.15) is 18.1 Å². The van der Waals surface area contributed by atoms with E-state index < -0.39 is 17.1 Å². The Bertz CT molecular complexity index is 1500. The number of rotatable bonds is 7. The normalized spacial score (nSPS) is 14.6. The van der Waals surface area contributed by atoms with Gasteiger partial charge in [0.25, 0.3) is 11.1 Å². The Morgan fingerprint density at radius 1 is 0.972 bits per heavy atom. The van der Waals surface area contributed by atoms with Crippen LogP contribution in [0.3, 0.4) is 0 Å². The van der Waals surface area contributed by atoms with Gasteiger partial charge in [-0.25, -0.2) is 4.79 Å². The maximum Gasteiger partial charge on any atom is 0.373 e. The third-order valence-electron chi connectivity index (χ3n) is 5.70. The first kappa shape index (κ1) is 23.4. The fourth-order valence-electron chi connectivity index (χ4n) is 3.91. The summed E-state index contributed by atoms with van der Waals surface area (Å²) in [6.07, 6.45) is 1.66. The van der Waals surface area contributed by atoms with Crippen molar-refractivity contribution in [3.05, 3.63) is 106 Å². The number of para-hydroxylation sites is 1. The molecule has 36 heavy (non-hydrogen) atoms. The van der Waals surface area contributed by atoms with E-state index in [2.05, 4.69) is 22.9 Å². The summed E-state index contributed by atoms with van der Waals surface area (Å²) in [4.78, 5) is 38.5. The molecule has 2 amide bonds. The number of amides is 2. The Morgan fingerprint density at radius 3 is 2.61 bits per heavy atom. The largest absolute Gasteiger partial charge is 0.488 e. The van der Waals surface area contributed by atoms with Crippen molar-refractivity contribution in [3.8, 4) is 5.75 Å². The van der Waals surface area contributed by atoms with Crippen LogP contribution < -0.4 is 4.74 Å². The summed E-state index contributed by atoms with van der Waals surface area (Å²) in [6, 6.07) is 24.5. The number of thioether (sulfide) groups is 1. The molecule has 1 aliphatic rings. The van der Waals surface area contributed by atoms with Gasteiger partial charge in [-0.15, -0.1) is 0 Å². The van der Waals surface area contributed by atoms with Gasteiger partial charge in [0.15, 0.2) is 0 Å². The zero-order valence-electron chi connectivity index (χ0n) is 19.3. The molecule has 0 unspecified atom stereocenters. The van der Waals surface area contributed by atoms with Crippen LogP contribution in [0.25, 0.3) is 16.8 Å². The van der Waals surface area contributed by atoms with E-state index in [1.807, 2.05) is 48.5 Å². The van der Waals surface area contributed by atoms with Gasteiger partial charge in [0, 0.05) is 5.56 Å². The van der Waals surface area contributed by atoms with Crippen LogP contribution in [0, 0.1) is 0 Å². The average Bonchev–Trinajstić information content (AvgIpc) is 3.48. The number of nitrogens with zero attached hydrogens (tertiary/aromatic N) is 1. The molecule has 180 valence electrons. The number of methoxy groups -OCH3 is 1. The second-order valence-corrected chi connectivity index (χ2v) is 8.98. The van der Waals surface area contributed by atoms with Crippen LogP contribution in [0.4, 0.5) is 4.79 Å². The van der Waals surface area contributed by atoms with Gasteiger partial charge in [-0.1, -0.05) is 60.7 Å². The van der Waals surface area contributed by atoms with Gasteiger partial charge in [0.2, 0.25) is 5.76 Å². The van der Waals surface area contributed by atoms with Crippen molar-refractivity contribution in [2.24, 2.45) is 0 Å². The van der Waals surface area contributed by atoms with Crippen LogP contribution in [-0.4, -0.2) is 29.1 Å². The molecule has 0 N–H and O–H groups in total. The van der Waals surface area contributed by atoms with Crippen LogP contribution in [0.2, 0.25) is 0 Å². The third-order valence-corrected chi connectivity index (χ3v) is 6.61. The van der Waals surface area contributed by atoms with E-state index in [-0.39, 0.29) is 17.2 Å². The highest BCUT2D eigenvalue weighted by Crippen LogP contribution is 2.35. The van der Waals surface area contributed by atoms with Crippen LogP contribution in [0.1, 0.15) is 27.4 Å². The molecule has 1 saturated heterocycles. The standard InChI is InChI=1S/C28H21NO6S/c1-33-27(31)24-14-13-21(35-24)16-29-26(30)25(36-28(29)32)15-19-8-3-5-12-23(19)34-17-20-10-6-9-18-7-2-4-11-22(18)20/h2-15H,16-17H2,1H3. The van der Waals surface area contributed by atoms with E-state index in [9.17, 15) is 14.4 Å². The van der Waals surface area contributed by atoms with Crippen LogP contribution in [0.5, 0.6) is 5.75 Å². The highest BCUT2D eigenvalue weighted by molar-refractivity contribution is 8.18. The molecule has 1 aromatic heterocycles. The predicted molar refractivity (Wildman–Crippen MR) is 136 cm³/mol. The van der Waals surface area contributed by atoms with Gasteiger partial charge in [-0.2, -0.15) is 0 Å². The van der Waals surface area contributed by atoms with Crippen LogP contribution in [-0.2, 0) is 22.7 Å². The molecule has 0 aliphatic carbocycles. The lowest BCUT2D eigenvalue weighted by Gasteiger charge is -2.12. The maximum atomic E-state index is 13.0. The summed E-state index contributed by atoms with van der Waals surface area (Å²) in [7, 11) is 1.25. The van der Waals surface area contributed by atoms with Crippen LogP contribution in [0.15, 0.2) is 88.2 Å². The Labute approximate surface area is 211 Å². The monoisotopic (exact) mass is 499 g/mol. The molecular formula is C28H21NO6S. The lowest BCUT2D eigenvalue weighted by atomic mass is 10.1. The first-order chi connectivity index (χ1) is 17.5. The van der Waals surface area contributed by atoms with E-state index in [0.717, 1.165) is 33.0 Å². The van der Waals surface area contributed by atoms with E-state index in [1.54, 1.807) is 6.08 Å². The van der Waals surface area contributed by atoms with E-state index in [1.165, 1.54) is 19.2 Å². The summed E-state index contributed by atoms with van der Waals surface area (Å²) in [5.41, 5.74) is 1.74. The average molecular weight is 500 g/mol. The number of carbonyl (C=O) groups excluding carboxylic acids is 3. The summed E-state index contributed by atoms with van der Waals surface area (Å²) in [5.74, 6) is -0.156. The zero-order valence-corrected chi connectivity index (χ0v) is 20.1. The Morgan fingerprint density at radius 2 is 1.75 bits per heavy atom. The minimum Gasteiger partial charge on any atom is -0.488 e. The minimum absolute atomic E-state index is 0.00674. The molecule has 0 atom stereocenters. The van der Waals surface area contributed by atoms with Crippen molar-refractivity contribution >= 4 is 45.7 Å². The molecule has 2 heterocycles. The zero-order chi connectivity index (χ0) is 25.1. The fourth-order valence-corrected chi connectivity index (χ4v) is 4.74. The summed E-state index contributed by atoms with van der Waals surface area (Å²) >= 11 is 0.848. The maximum absolute atomic E-state index is 13.0. The van der Waals surface area contributed by atoms with Crippen molar-refractivity contribution in [1.82, 2.24) is 4.90 Å². The molecule has 1 fully saturated rings. The molecule has 8 heteroatoms. The molecule has 3 aromatic carbocycles. The highest BCUT2D eigenvalue weighted by Gasteiger charge is 2.36. The Kier molecular flexibility index (Phi) is 6.60. The van der Waals surface area contributed by atoms with Crippen molar-refractivity contribution in [3.63, 3.8) is 0 Å². The molecule has 0 radical (unpaired) electrons. The summed E-state index contributed by atoms with van der Waals surface area (Å²) in [5, 5.41) is 1.83. The Hall–Kier alpha value is -4.30. The fraction of sp³-hybridized carbons (Fsp3) is 0.107. The first-order valence-corrected chi connectivity index (χ1v) is 12.0. The van der Waals surface area contributed by atoms with Gasteiger partial charge in [-0.05, 0) is 52.4 Å². The minimum atomic E-state index is -0.629. The van der Waals surface area contributed by atoms with Crippen molar-refractivity contribution in [1.29, 1.82) is 0 Å². The van der Waals surface area contributed by atoms with Crippen molar-refractivity contribution in [2.45, 2.75) is 13.2 Å². The number of benzene rings is 3. The third kappa shape index (κ3) is 4.76. The second-order valence-electron chi connectivity index (χ2n) is 7.99. The first-order valence-electron chi connectivity index (χ1n) is 11.1. The van der Waals surface area contributed by atoms with E-state index >= 15 is 0 Å². The molecule has 4 aromatic rings. The highest BCUT2D eigenvalue weighted by atomic mass is 32.2. The van der Waals surface area contributed by atoms with E-state index in [0.29, 0.717) is 23.7 Å². The molecule has 0 bridgehead atoms. The summed E-state index contributed by atoms with van der Waals surface area (Å²) < 4.78 is 16.2. The SMILES string of the molecule is COC(=O)c1ccc(CN2C(=O)SC(=Cc3ccccc3OCc3cccc4ccccc34)C2=O)o1. The number of ether oxygens (including phenoxy) is 2. The molecule has 7 nitrogen and oxygen atoms in total. The molecule has 0 spiro atoms. The number of fused-ring (bicyclic) bond motifs is 1. The number of hydrogen-bond acceptors (Lipinski definition) is 7. The number of carbonyl (C=O) groups is 3. The second kappa shape index (κ2) is 10.1. The quantitative estimate of drug-likeness (QED) is 0.226. The number of esters is 1. The lowest BCUT2D eigenvalue weighted by Crippen LogP contribution is -2.27. The molecular weight excluding hydrogens is 478 g/mol. The Balaban J connectivity index is 1.33. The van der Waals surface area contributed by atoms with Gasteiger partial charge >= 0.3 is 5.97 Å². The topological polar surface area (TPSA) is 86.0 Å². The van der Waals surface area contributed by atoms with Crippen molar-refractivity contribution < 1.29 is 28.3 Å². The molecule has 1 aliphatic heterocycles. The number of furan rings is 1. The van der Waals surface area contributed by atoms with Gasteiger partial charge < -0.3 is 13.9 Å². The van der Waals surface area contributed by atoms with Crippen molar-refractivity contribution in [2.75, 3.05) is 7.11 Å². The number of imide groups is 1. The van der Waals surface area contributed by atoms with Gasteiger partial charge in [-0.3, -0.25) is 14.5 Å². The van der Waals surface area contributed by atoms with Crippen LogP contribution >= 0.6 is 11.8 Å². The van der Waals surface area contributed by atoms with Gasteiger partial charge in [0.05, 0.1) is 18.6 Å². The number of hydrogen-bond donors (Lipinski definition) is 0. The van der Waals surface area contributed by atoms with E-state index in [4.69, 9.17) is 9.15 Å². The lowest BCUT2D eigenvalue weighted by molar-refractivity contribution is -0.123. The molecule has 0 saturated carbocycles. The smallest absolute Gasteiger partial charge is 0.373 e.